The van der Waals surface area contributed by atoms with Crippen LogP contribution < -0.4 is 5.19 Å². The highest BCUT2D eigenvalue weighted by atomic mass is 28.3. The number of furan rings is 1. The predicted octanol–water partition coefficient (Wildman–Crippen LogP) is 17.9. The van der Waals surface area contributed by atoms with Gasteiger partial charge in [0.1, 0.15) is 34.4 Å². The fourth-order valence-electron chi connectivity index (χ4n) is 13.4. The summed E-state index contributed by atoms with van der Waals surface area (Å²) in [6.07, 6.45) is 0. The van der Waals surface area contributed by atoms with E-state index in [0.29, 0.717) is 33.9 Å². The summed E-state index contributed by atoms with van der Waals surface area (Å²) in [5.74, 6) is 0. The molecule has 16 rings (SSSR count). The maximum absolute atomic E-state index is 12.6. The Morgan fingerprint density at radius 2 is 0.747 bits per heavy atom. The van der Waals surface area contributed by atoms with E-state index in [0.717, 1.165) is 115 Å². The standard InChI is InChI=1S/C71H46N6OSi/c1-79(2,3)65-35-19-11-20-44(65)43-36-38-62-53(40-43)51-37-39-64-66(52-27-10-18-34-63(52)78-64)68(51)77(62)71-69(75-58-30-14-6-23-47(58)48-24-7-15-31-59(48)75)54(41-72)67(74-56-28-12-4-21-45(56)46-22-5-13-29-57(46)74)55(42-73)70(71)76-60-32-16-8-25-49(60)50-26-9-17-33-61(50)76/h4-40H,1-3H3. The van der Waals surface area contributed by atoms with Gasteiger partial charge in [-0.3, -0.25) is 0 Å². The van der Waals surface area contributed by atoms with Gasteiger partial charge in [0.25, 0.3) is 0 Å². The third-order valence-electron chi connectivity index (χ3n) is 16.6. The topological polar surface area (TPSA) is 80.4 Å². The number of hydrogen-bond donors (Lipinski definition) is 0. The molecule has 0 aliphatic heterocycles. The maximum atomic E-state index is 12.6. The Balaban J connectivity index is 1.23. The molecule has 0 fully saturated rings. The average Bonchev–Trinajstić information content (AvgIpc) is 3.32. The maximum Gasteiger partial charge on any atom is 0.137 e. The lowest BCUT2D eigenvalue weighted by Gasteiger charge is -2.27. The van der Waals surface area contributed by atoms with Crippen LogP contribution in [0.25, 0.3) is 143 Å². The molecule has 0 aliphatic carbocycles. The summed E-state index contributed by atoms with van der Waals surface area (Å²) in [7, 11) is -1.82. The molecule has 8 heteroatoms. The van der Waals surface area contributed by atoms with Gasteiger partial charge >= 0.3 is 0 Å². The number of nitrogens with zero attached hydrogens (tertiary/aromatic N) is 6. The van der Waals surface area contributed by atoms with Crippen molar-refractivity contribution in [1.29, 1.82) is 10.5 Å². The molecule has 0 unspecified atom stereocenters. The molecule has 0 amide bonds. The van der Waals surface area contributed by atoms with Crippen LogP contribution in [0.15, 0.2) is 229 Å². The molecule has 370 valence electrons. The van der Waals surface area contributed by atoms with Gasteiger partial charge in [0.2, 0.25) is 0 Å². The summed E-state index contributed by atoms with van der Waals surface area (Å²) in [5.41, 5.74) is 14.4. The minimum Gasteiger partial charge on any atom is -0.456 e. The third kappa shape index (κ3) is 6.15. The van der Waals surface area contributed by atoms with Crippen LogP contribution in [0.5, 0.6) is 0 Å². The lowest BCUT2D eigenvalue weighted by molar-refractivity contribution is 0.669. The number of fused-ring (bicyclic) bond motifs is 16. The van der Waals surface area contributed by atoms with Gasteiger partial charge in [0.15, 0.2) is 0 Å². The molecular formula is C71H46N6OSi. The molecule has 0 atom stereocenters. The normalized spacial score (nSPS) is 12.2. The van der Waals surface area contributed by atoms with E-state index in [1.54, 1.807) is 0 Å². The summed E-state index contributed by atoms with van der Waals surface area (Å²) in [6, 6.07) is 84.9. The summed E-state index contributed by atoms with van der Waals surface area (Å²) in [4.78, 5) is 0. The molecule has 5 aromatic heterocycles. The van der Waals surface area contributed by atoms with Crippen molar-refractivity contribution in [3.63, 3.8) is 0 Å². The van der Waals surface area contributed by atoms with E-state index >= 15 is 0 Å². The fourth-order valence-corrected chi connectivity index (χ4v) is 15.0. The molecular weight excluding hydrogens is 981 g/mol. The predicted molar refractivity (Wildman–Crippen MR) is 329 cm³/mol. The Hall–Kier alpha value is -10.4. The molecule has 0 aliphatic rings. The zero-order chi connectivity index (χ0) is 52.8. The van der Waals surface area contributed by atoms with Gasteiger partial charge in [0, 0.05) is 48.5 Å². The monoisotopic (exact) mass is 1030 g/mol. The van der Waals surface area contributed by atoms with Crippen molar-refractivity contribution in [1.82, 2.24) is 18.3 Å². The number of benzene rings is 11. The molecule has 0 N–H and O–H groups in total. The average molecular weight is 1030 g/mol. The van der Waals surface area contributed by atoms with Gasteiger partial charge in [-0.05, 0) is 77.9 Å². The number of rotatable bonds is 6. The van der Waals surface area contributed by atoms with Crippen molar-refractivity contribution < 1.29 is 4.42 Å². The number of aromatic nitrogens is 4. The Labute approximate surface area is 454 Å². The van der Waals surface area contributed by atoms with Gasteiger partial charge in [0.05, 0.1) is 80.3 Å². The first-order valence-corrected chi connectivity index (χ1v) is 30.3. The van der Waals surface area contributed by atoms with E-state index in [-0.39, 0.29) is 0 Å². The minimum absolute atomic E-state index is 0.356. The highest BCUT2D eigenvalue weighted by Gasteiger charge is 2.35. The lowest BCUT2D eigenvalue weighted by atomic mass is 9.98. The van der Waals surface area contributed by atoms with Crippen molar-refractivity contribution >= 4 is 122 Å². The smallest absolute Gasteiger partial charge is 0.137 e. The number of hydrogen-bond acceptors (Lipinski definition) is 3. The first-order valence-electron chi connectivity index (χ1n) is 26.8. The molecule has 0 saturated carbocycles. The van der Waals surface area contributed by atoms with Crippen molar-refractivity contribution in [3.8, 4) is 46.0 Å². The van der Waals surface area contributed by atoms with Gasteiger partial charge in [-0.25, -0.2) is 0 Å². The second-order valence-corrected chi connectivity index (χ2v) is 26.8. The molecule has 5 heterocycles. The van der Waals surface area contributed by atoms with Crippen LogP contribution in [0.4, 0.5) is 0 Å². The first kappa shape index (κ1) is 44.9. The summed E-state index contributed by atoms with van der Waals surface area (Å²) < 4.78 is 16.0. The van der Waals surface area contributed by atoms with Gasteiger partial charge in [-0.1, -0.05) is 183 Å². The van der Waals surface area contributed by atoms with E-state index in [1.165, 1.54) is 10.8 Å². The van der Waals surface area contributed by atoms with Crippen molar-refractivity contribution in [3.05, 3.63) is 236 Å². The molecule has 7 nitrogen and oxygen atoms in total. The van der Waals surface area contributed by atoms with Gasteiger partial charge in [-0.2, -0.15) is 10.5 Å². The molecule has 79 heavy (non-hydrogen) atoms. The van der Waals surface area contributed by atoms with Crippen molar-refractivity contribution in [2.75, 3.05) is 0 Å². The number of para-hydroxylation sites is 7. The first-order chi connectivity index (χ1) is 38.8. The summed E-state index contributed by atoms with van der Waals surface area (Å²) >= 11 is 0. The quantitative estimate of drug-likeness (QED) is 0.156. The Morgan fingerprint density at radius 1 is 0.342 bits per heavy atom. The Kier molecular flexibility index (Phi) is 9.40. The SMILES string of the molecule is C[Si](C)(C)c1ccccc1-c1ccc2c(c1)c1ccc3oc4ccccc4c3c1n2-c1c(-n2c3ccccc3c3ccccc32)c(C#N)c(-n2c3ccccc3c3ccccc32)c(C#N)c1-n1c2ccccc2c2ccccc21. The van der Waals surface area contributed by atoms with E-state index in [9.17, 15) is 10.5 Å². The Bertz CT molecular complexity index is 5090. The second kappa shape index (κ2) is 16.6. The van der Waals surface area contributed by atoms with Crippen molar-refractivity contribution in [2.24, 2.45) is 0 Å². The van der Waals surface area contributed by atoms with Crippen LogP contribution in [0.2, 0.25) is 19.6 Å². The molecule has 0 saturated heterocycles. The van der Waals surface area contributed by atoms with E-state index in [4.69, 9.17) is 4.42 Å². The van der Waals surface area contributed by atoms with Crippen LogP contribution in [-0.4, -0.2) is 26.3 Å². The zero-order valence-electron chi connectivity index (χ0n) is 43.5. The van der Waals surface area contributed by atoms with Crippen molar-refractivity contribution in [2.45, 2.75) is 19.6 Å². The molecule has 16 aromatic rings. The van der Waals surface area contributed by atoms with Gasteiger partial charge < -0.3 is 22.7 Å². The summed E-state index contributed by atoms with van der Waals surface area (Å²) in [6.45, 7) is 7.23. The van der Waals surface area contributed by atoms with Crippen LogP contribution >= 0.6 is 0 Å². The van der Waals surface area contributed by atoms with E-state index < -0.39 is 8.07 Å². The lowest BCUT2D eigenvalue weighted by Crippen LogP contribution is -2.38. The van der Waals surface area contributed by atoms with E-state index in [2.05, 4.69) is 250 Å². The summed E-state index contributed by atoms with van der Waals surface area (Å²) in [5, 5.41) is 36.9. The second-order valence-electron chi connectivity index (χ2n) is 21.8. The van der Waals surface area contributed by atoms with Crippen LogP contribution in [0.3, 0.4) is 0 Å². The van der Waals surface area contributed by atoms with Crippen LogP contribution in [0, 0.1) is 22.7 Å². The highest BCUT2D eigenvalue weighted by molar-refractivity contribution is 6.89. The van der Waals surface area contributed by atoms with E-state index in [1.807, 2.05) is 24.3 Å². The molecule has 0 radical (unpaired) electrons. The third-order valence-corrected chi connectivity index (χ3v) is 18.6. The fraction of sp³-hybridized carbons (Fsp3) is 0.0423. The van der Waals surface area contributed by atoms with Crippen LogP contribution in [-0.2, 0) is 0 Å². The molecule has 11 aromatic carbocycles. The molecule has 0 spiro atoms. The molecule has 0 bridgehead atoms. The largest absolute Gasteiger partial charge is 0.456 e. The number of nitriles is 2. The van der Waals surface area contributed by atoms with Gasteiger partial charge in [-0.15, -0.1) is 0 Å². The Morgan fingerprint density at radius 3 is 1.22 bits per heavy atom. The minimum atomic E-state index is -1.82. The highest BCUT2D eigenvalue weighted by Crippen LogP contribution is 2.51. The van der Waals surface area contributed by atoms with Crippen LogP contribution in [0.1, 0.15) is 11.1 Å². The zero-order valence-corrected chi connectivity index (χ0v) is 44.5.